The molecule has 1 aliphatic carbocycles. The largest absolute Gasteiger partial charge is 0.511 e. The first-order chi connectivity index (χ1) is 9.28. The van der Waals surface area contributed by atoms with Crippen molar-refractivity contribution >= 4 is 33.6 Å². The number of benzene rings is 1. The van der Waals surface area contributed by atoms with E-state index in [2.05, 4.69) is 20.9 Å². The van der Waals surface area contributed by atoms with Crippen LogP contribution < -0.4 is 0 Å². The van der Waals surface area contributed by atoms with Crippen LogP contribution in [0.1, 0.15) is 32.3 Å². The summed E-state index contributed by atoms with van der Waals surface area (Å²) in [5.74, 6) is 0.0991. The molecule has 0 amide bonds. The number of carbonyl (C=O) groups excluding carboxylic acids is 1. The standard InChI is InChI=1S/C16H18BrNO2/c1-10-6-11(17)4-5-13(10)18-9-12-14(19)7-16(2,3)8-15(12)20/h4-6,9,19H,7-8H2,1-3H3. The second-order valence-electron chi connectivity index (χ2n) is 5.99. The number of allylic oxidation sites excluding steroid dienone is 2. The van der Waals surface area contributed by atoms with Crippen LogP contribution in [0.4, 0.5) is 5.69 Å². The van der Waals surface area contributed by atoms with Gasteiger partial charge in [0, 0.05) is 23.5 Å². The van der Waals surface area contributed by atoms with Crippen LogP contribution in [0.2, 0.25) is 0 Å². The Morgan fingerprint density at radius 3 is 2.65 bits per heavy atom. The molecule has 0 aliphatic heterocycles. The molecule has 0 atom stereocenters. The zero-order valence-corrected chi connectivity index (χ0v) is 13.5. The second kappa shape index (κ2) is 5.52. The van der Waals surface area contributed by atoms with Gasteiger partial charge in [-0.1, -0.05) is 29.8 Å². The van der Waals surface area contributed by atoms with E-state index >= 15 is 0 Å². The molecule has 0 aromatic heterocycles. The molecule has 0 bridgehead atoms. The van der Waals surface area contributed by atoms with Gasteiger partial charge in [0.1, 0.15) is 5.76 Å². The highest BCUT2D eigenvalue weighted by Gasteiger charge is 2.32. The fourth-order valence-electron chi connectivity index (χ4n) is 2.35. The van der Waals surface area contributed by atoms with Crippen molar-refractivity contribution in [1.29, 1.82) is 0 Å². The topological polar surface area (TPSA) is 49.7 Å². The summed E-state index contributed by atoms with van der Waals surface area (Å²) >= 11 is 3.40. The number of aliphatic hydroxyl groups excluding tert-OH is 1. The van der Waals surface area contributed by atoms with Crippen molar-refractivity contribution in [2.75, 3.05) is 0 Å². The summed E-state index contributed by atoms with van der Waals surface area (Å²) in [6, 6.07) is 5.75. The molecule has 0 saturated carbocycles. The molecule has 0 fully saturated rings. The van der Waals surface area contributed by atoms with E-state index < -0.39 is 0 Å². The van der Waals surface area contributed by atoms with E-state index in [0.717, 1.165) is 15.7 Å². The molecule has 0 unspecified atom stereocenters. The van der Waals surface area contributed by atoms with Crippen LogP contribution in [-0.2, 0) is 4.79 Å². The van der Waals surface area contributed by atoms with E-state index in [1.807, 2.05) is 39.0 Å². The smallest absolute Gasteiger partial charge is 0.168 e. The van der Waals surface area contributed by atoms with Crippen LogP contribution in [-0.4, -0.2) is 17.1 Å². The number of carbonyl (C=O) groups is 1. The molecule has 3 nitrogen and oxygen atoms in total. The summed E-state index contributed by atoms with van der Waals surface area (Å²) in [7, 11) is 0. The minimum atomic E-state index is -0.175. The van der Waals surface area contributed by atoms with Gasteiger partial charge in [0.05, 0.1) is 11.3 Å². The molecule has 0 spiro atoms. The average Bonchev–Trinajstić information content (AvgIpc) is 2.28. The predicted octanol–water partition coefficient (Wildman–Crippen LogP) is 4.66. The number of aliphatic imine (C=N–C) groups is 1. The van der Waals surface area contributed by atoms with Gasteiger partial charge in [0.2, 0.25) is 0 Å². The third-order valence-electron chi connectivity index (χ3n) is 3.39. The third kappa shape index (κ3) is 3.37. The van der Waals surface area contributed by atoms with E-state index in [0.29, 0.717) is 18.4 Å². The number of aryl methyl sites for hydroxylation is 1. The number of Topliss-reactive ketones (excluding diaryl/α,β-unsaturated/α-hetero) is 1. The van der Waals surface area contributed by atoms with Gasteiger partial charge in [-0.15, -0.1) is 0 Å². The number of hydrogen-bond donors (Lipinski definition) is 1. The maximum atomic E-state index is 12.1. The SMILES string of the molecule is Cc1cc(Br)ccc1N=CC1=C(O)CC(C)(C)CC1=O. The number of halogens is 1. The zero-order chi connectivity index (χ0) is 14.9. The van der Waals surface area contributed by atoms with Crippen LogP contribution in [0.25, 0.3) is 0 Å². The van der Waals surface area contributed by atoms with Gasteiger partial charge in [-0.3, -0.25) is 9.79 Å². The molecule has 0 radical (unpaired) electrons. The lowest BCUT2D eigenvalue weighted by atomic mass is 9.77. The molecule has 1 aromatic rings. The highest BCUT2D eigenvalue weighted by molar-refractivity contribution is 9.10. The molecular formula is C16H18BrNO2. The number of hydrogen-bond acceptors (Lipinski definition) is 3. The summed E-state index contributed by atoms with van der Waals surface area (Å²) in [6.07, 6.45) is 2.44. The average molecular weight is 336 g/mol. The monoisotopic (exact) mass is 335 g/mol. The van der Waals surface area contributed by atoms with E-state index in [-0.39, 0.29) is 17.0 Å². The van der Waals surface area contributed by atoms with Gasteiger partial charge >= 0.3 is 0 Å². The first kappa shape index (κ1) is 15.0. The quantitative estimate of drug-likeness (QED) is 0.799. The highest BCUT2D eigenvalue weighted by atomic mass is 79.9. The Morgan fingerprint density at radius 1 is 1.35 bits per heavy atom. The molecule has 2 rings (SSSR count). The summed E-state index contributed by atoms with van der Waals surface area (Å²) in [4.78, 5) is 16.4. The van der Waals surface area contributed by atoms with Crippen molar-refractivity contribution < 1.29 is 9.90 Å². The molecule has 106 valence electrons. The van der Waals surface area contributed by atoms with Crippen molar-refractivity contribution in [3.05, 3.63) is 39.6 Å². The van der Waals surface area contributed by atoms with Crippen LogP contribution in [0.5, 0.6) is 0 Å². The molecule has 1 aromatic carbocycles. The Bertz CT molecular complexity index is 615. The van der Waals surface area contributed by atoms with Crippen molar-refractivity contribution in [2.24, 2.45) is 10.4 Å². The van der Waals surface area contributed by atoms with Crippen LogP contribution in [0, 0.1) is 12.3 Å². The molecule has 1 aliphatic rings. The fraction of sp³-hybridized carbons (Fsp3) is 0.375. The Morgan fingerprint density at radius 2 is 2.05 bits per heavy atom. The zero-order valence-electron chi connectivity index (χ0n) is 11.9. The maximum absolute atomic E-state index is 12.1. The normalized spacial score (nSPS) is 18.9. The minimum absolute atomic E-state index is 0.0442. The van der Waals surface area contributed by atoms with Gasteiger partial charge in [-0.25, -0.2) is 0 Å². The Kier molecular flexibility index (Phi) is 4.14. The van der Waals surface area contributed by atoms with Gasteiger partial charge in [0.25, 0.3) is 0 Å². The maximum Gasteiger partial charge on any atom is 0.168 e. The van der Waals surface area contributed by atoms with Crippen molar-refractivity contribution in [3.63, 3.8) is 0 Å². The van der Waals surface area contributed by atoms with E-state index in [9.17, 15) is 9.90 Å². The second-order valence-corrected chi connectivity index (χ2v) is 6.91. The lowest BCUT2D eigenvalue weighted by Gasteiger charge is -2.28. The number of rotatable bonds is 2. The number of aliphatic hydroxyl groups is 1. The van der Waals surface area contributed by atoms with Crippen molar-refractivity contribution in [2.45, 2.75) is 33.6 Å². The first-order valence-corrected chi connectivity index (χ1v) is 7.33. The Hall–Kier alpha value is -1.42. The molecule has 0 heterocycles. The fourth-order valence-corrected chi connectivity index (χ4v) is 2.82. The van der Waals surface area contributed by atoms with Gasteiger partial charge in [-0.05, 0) is 36.1 Å². The predicted molar refractivity (Wildman–Crippen MR) is 84.7 cm³/mol. The van der Waals surface area contributed by atoms with Gasteiger partial charge in [-0.2, -0.15) is 0 Å². The van der Waals surface area contributed by atoms with Gasteiger partial charge < -0.3 is 5.11 Å². The van der Waals surface area contributed by atoms with Crippen LogP contribution in [0.3, 0.4) is 0 Å². The molecule has 20 heavy (non-hydrogen) atoms. The van der Waals surface area contributed by atoms with Crippen LogP contribution >= 0.6 is 15.9 Å². The van der Waals surface area contributed by atoms with Crippen LogP contribution in [0.15, 0.2) is 39.0 Å². The summed E-state index contributed by atoms with van der Waals surface area (Å²) in [5, 5.41) is 10.0. The number of ketones is 1. The Labute approximate surface area is 127 Å². The van der Waals surface area contributed by atoms with Crippen molar-refractivity contribution in [3.8, 4) is 0 Å². The molecule has 4 heteroatoms. The van der Waals surface area contributed by atoms with E-state index in [4.69, 9.17) is 0 Å². The lowest BCUT2D eigenvalue weighted by molar-refractivity contribution is -0.117. The summed E-state index contributed by atoms with van der Waals surface area (Å²) in [6.45, 7) is 5.92. The van der Waals surface area contributed by atoms with Gasteiger partial charge in [0.15, 0.2) is 5.78 Å². The molecule has 1 N–H and O–H groups in total. The first-order valence-electron chi connectivity index (χ1n) is 6.54. The Balaban J connectivity index is 2.29. The van der Waals surface area contributed by atoms with E-state index in [1.165, 1.54) is 6.21 Å². The molecular weight excluding hydrogens is 318 g/mol. The lowest BCUT2D eigenvalue weighted by Crippen LogP contribution is -2.26. The van der Waals surface area contributed by atoms with E-state index in [1.54, 1.807) is 0 Å². The molecule has 0 saturated heterocycles. The number of nitrogens with zero attached hydrogens (tertiary/aromatic N) is 1. The van der Waals surface area contributed by atoms with Crippen molar-refractivity contribution in [1.82, 2.24) is 0 Å². The third-order valence-corrected chi connectivity index (χ3v) is 3.88. The minimum Gasteiger partial charge on any atom is -0.511 e. The highest BCUT2D eigenvalue weighted by Crippen LogP contribution is 2.35. The summed E-state index contributed by atoms with van der Waals surface area (Å²) < 4.78 is 0.992. The summed E-state index contributed by atoms with van der Waals surface area (Å²) in [5.41, 5.74) is 1.98.